The molecule has 2 atom stereocenters. The summed E-state index contributed by atoms with van der Waals surface area (Å²) >= 11 is 0. The van der Waals surface area contributed by atoms with Crippen molar-refractivity contribution < 1.29 is 24.9 Å². The van der Waals surface area contributed by atoms with Crippen LogP contribution in [0.15, 0.2) is 12.2 Å². The van der Waals surface area contributed by atoms with E-state index in [0.29, 0.717) is 13.0 Å². The first-order chi connectivity index (χ1) is 7.34. The quantitative estimate of drug-likeness (QED) is 0.592. The highest BCUT2D eigenvalue weighted by molar-refractivity contribution is 5.84. The molecule has 0 aromatic carbocycles. The predicted octanol–water partition coefficient (Wildman–Crippen LogP) is 0.802. The molecule has 0 bridgehead atoms. The van der Waals surface area contributed by atoms with Gasteiger partial charge in [0.15, 0.2) is 0 Å². The van der Waals surface area contributed by atoms with Crippen LogP contribution in [-0.4, -0.2) is 46.7 Å². The highest BCUT2D eigenvalue weighted by Gasteiger charge is 2.03. The number of rotatable bonds is 6. The average molecular weight is 234 g/mol. The van der Waals surface area contributed by atoms with Crippen molar-refractivity contribution >= 4 is 5.97 Å². The third-order valence-corrected chi connectivity index (χ3v) is 1.67. The molecule has 2 unspecified atom stereocenters. The third-order valence-electron chi connectivity index (χ3n) is 1.67. The summed E-state index contributed by atoms with van der Waals surface area (Å²) in [5.74, 6) is -0.935. The SMILES string of the molecule is C=C(C)C(=O)O.CCC(O)COC(C)CO. The fraction of sp³-hybridized carbons (Fsp3) is 0.727. The van der Waals surface area contributed by atoms with Gasteiger partial charge in [-0.1, -0.05) is 13.5 Å². The average Bonchev–Trinajstić information content (AvgIpc) is 2.25. The molecular formula is C11H22O5. The number of aliphatic carboxylic acids is 1. The maximum atomic E-state index is 9.60. The zero-order valence-corrected chi connectivity index (χ0v) is 10.1. The summed E-state index contributed by atoms with van der Waals surface area (Å²) in [6.07, 6.45) is 0.133. The summed E-state index contributed by atoms with van der Waals surface area (Å²) in [6.45, 7) is 8.58. The number of aliphatic hydroxyl groups is 2. The van der Waals surface area contributed by atoms with E-state index in [-0.39, 0.29) is 18.3 Å². The summed E-state index contributed by atoms with van der Waals surface area (Å²) in [5, 5.41) is 25.4. The lowest BCUT2D eigenvalue weighted by Gasteiger charge is -2.12. The molecule has 0 aromatic rings. The van der Waals surface area contributed by atoms with Gasteiger partial charge in [0, 0.05) is 5.57 Å². The van der Waals surface area contributed by atoms with Crippen LogP contribution in [0.5, 0.6) is 0 Å². The van der Waals surface area contributed by atoms with E-state index in [1.165, 1.54) is 6.92 Å². The molecule has 0 saturated heterocycles. The molecule has 0 aliphatic rings. The van der Waals surface area contributed by atoms with E-state index in [1.807, 2.05) is 6.92 Å². The van der Waals surface area contributed by atoms with E-state index in [9.17, 15) is 4.79 Å². The molecule has 0 saturated carbocycles. The van der Waals surface area contributed by atoms with Gasteiger partial charge in [-0.25, -0.2) is 4.79 Å². The molecule has 0 radical (unpaired) electrons. The van der Waals surface area contributed by atoms with Crippen LogP contribution in [0.1, 0.15) is 27.2 Å². The van der Waals surface area contributed by atoms with Crippen molar-refractivity contribution in [2.75, 3.05) is 13.2 Å². The van der Waals surface area contributed by atoms with Crippen molar-refractivity contribution in [3.05, 3.63) is 12.2 Å². The Bertz CT molecular complexity index is 181. The second-order valence-corrected chi connectivity index (χ2v) is 3.47. The lowest BCUT2D eigenvalue weighted by atomic mass is 10.3. The van der Waals surface area contributed by atoms with Gasteiger partial charge in [-0.2, -0.15) is 0 Å². The Morgan fingerprint density at radius 2 is 1.94 bits per heavy atom. The van der Waals surface area contributed by atoms with Crippen molar-refractivity contribution in [2.45, 2.75) is 39.4 Å². The molecule has 0 spiro atoms. The Kier molecular flexibility index (Phi) is 11.6. The minimum absolute atomic E-state index is 0.0104. The van der Waals surface area contributed by atoms with Gasteiger partial charge in [0.25, 0.3) is 0 Å². The number of hydrogen-bond donors (Lipinski definition) is 3. The van der Waals surface area contributed by atoms with E-state index in [0.717, 1.165) is 0 Å². The maximum absolute atomic E-state index is 9.60. The first-order valence-electron chi connectivity index (χ1n) is 5.14. The Hall–Kier alpha value is -0.910. The number of carbonyl (C=O) groups is 1. The number of aliphatic hydroxyl groups excluding tert-OH is 2. The Morgan fingerprint density at radius 1 is 1.50 bits per heavy atom. The number of hydrogen-bond acceptors (Lipinski definition) is 4. The van der Waals surface area contributed by atoms with Crippen LogP contribution in [0.4, 0.5) is 0 Å². The largest absolute Gasteiger partial charge is 0.478 e. The highest BCUT2D eigenvalue weighted by Crippen LogP contribution is 1.94. The van der Waals surface area contributed by atoms with Gasteiger partial charge in [-0.3, -0.25) is 0 Å². The summed E-state index contributed by atoms with van der Waals surface area (Å²) in [5.41, 5.74) is 0.176. The van der Waals surface area contributed by atoms with E-state index >= 15 is 0 Å². The van der Waals surface area contributed by atoms with Gasteiger partial charge in [0.05, 0.1) is 25.4 Å². The standard InChI is InChI=1S/C7H16O3.C4H6O2/c1-3-7(9)5-10-6(2)4-8;1-3(2)4(5)6/h6-9H,3-5H2,1-2H3;1H2,2H3,(H,5,6). The predicted molar refractivity (Wildman–Crippen MR) is 61.2 cm³/mol. The number of ether oxygens (including phenoxy) is 1. The minimum atomic E-state index is -0.935. The summed E-state index contributed by atoms with van der Waals surface area (Å²) in [7, 11) is 0. The van der Waals surface area contributed by atoms with Crippen molar-refractivity contribution in [1.82, 2.24) is 0 Å². The highest BCUT2D eigenvalue weighted by atomic mass is 16.5. The van der Waals surface area contributed by atoms with E-state index in [4.69, 9.17) is 20.1 Å². The molecule has 96 valence electrons. The normalized spacial score (nSPS) is 13.3. The lowest BCUT2D eigenvalue weighted by molar-refractivity contribution is -0.132. The summed E-state index contributed by atoms with van der Waals surface area (Å²) in [4.78, 5) is 9.60. The minimum Gasteiger partial charge on any atom is -0.478 e. The van der Waals surface area contributed by atoms with Gasteiger partial charge >= 0.3 is 5.97 Å². The topological polar surface area (TPSA) is 87.0 Å². The van der Waals surface area contributed by atoms with Crippen LogP contribution in [0.3, 0.4) is 0 Å². The van der Waals surface area contributed by atoms with E-state index < -0.39 is 12.1 Å². The third kappa shape index (κ3) is 13.1. The van der Waals surface area contributed by atoms with Crippen LogP contribution >= 0.6 is 0 Å². The first kappa shape index (κ1) is 17.5. The van der Waals surface area contributed by atoms with Gasteiger partial charge in [0.2, 0.25) is 0 Å². The van der Waals surface area contributed by atoms with Gasteiger partial charge < -0.3 is 20.1 Å². The van der Waals surface area contributed by atoms with Crippen LogP contribution in [0.25, 0.3) is 0 Å². The van der Waals surface area contributed by atoms with E-state index in [1.54, 1.807) is 6.92 Å². The zero-order valence-electron chi connectivity index (χ0n) is 10.1. The molecule has 0 aliphatic heterocycles. The Balaban J connectivity index is 0. The van der Waals surface area contributed by atoms with E-state index in [2.05, 4.69) is 6.58 Å². The molecule has 16 heavy (non-hydrogen) atoms. The summed E-state index contributed by atoms with van der Waals surface area (Å²) in [6, 6.07) is 0. The molecule has 3 N–H and O–H groups in total. The molecule has 0 heterocycles. The van der Waals surface area contributed by atoms with Gasteiger partial charge in [-0.05, 0) is 20.3 Å². The molecule has 0 amide bonds. The van der Waals surface area contributed by atoms with Crippen LogP contribution in [-0.2, 0) is 9.53 Å². The van der Waals surface area contributed by atoms with Gasteiger partial charge in [-0.15, -0.1) is 0 Å². The molecular weight excluding hydrogens is 212 g/mol. The van der Waals surface area contributed by atoms with Crippen molar-refractivity contribution in [3.63, 3.8) is 0 Å². The van der Waals surface area contributed by atoms with Crippen molar-refractivity contribution in [1.29, 1.82) is 0 Å². The fourth-order valence-electron chi connectivity index (χ4n) is 0.446. The zero-order chi connectivity index (χ0) is 13.1. The Morgan fingerprint density at radius 3 is 2.19 bits per heavy atom. The van der Waals surface area contributed by atoms with Crippen molar-refractivity contribution in [3.8, 4) is 0 Å². The van der Waals surface area contributed by atoms with Crippen LogP contribution in [0.2, 0.25) is 0 Å². The van der Waals surface area contributed by atoms with Crippen LogP contribution in [0, 0.1) is 0 Å². The monoisotopic (exact) mass is 234 g/mol. The Labute approximate surface area is 96.4 Å². The molecule has 5 heteroatoms. The van der Waals surface area contributed by atoms with Gasteiger partial charge in [0.1, 0.15) is 0 Å². The second-order valence-electron chi connectivity index (χ2n) is 3.47. The molecule has 0 aliphatic carbocycles. The number of carboxylic acids is 1. The molecule has 5 nitrogen and oxygen atoms in total. The summed E-state index contributed by atoms with van der Waals surface area (Å²) < 4.78 is 5.04. The molecule has 0 fully saturated rings. The first-order valence-corrected chi connectivity index (χ1v) is 5.14. The fourth-order valence-corrected chi connectivity index (χ4v) is 0.446. The second kappa shape index (κ2) is 10.6. The smallest absolute Gasteiger partial charge is 0.330 e. The maximum Gasteiger partial charge on any atom is 0.330 e. The van der Waals surface area contributed by atoms with Crippen molar-refractivity contribution in [2.24, 2.45) is 0 Å². The number of carboxylic acid groups (broad SMARTS) is 1. The van der Waals surface area contributed by atoms with Crippen LogP contribution < -0.4 is 0 Å². The molecule has 0 rings (SSSR count). The lowest BCUT2D eigenvalue weighted by Crippen LogP contribution is -2.21. The molecule has 0 aromatic heterocycles.